The number of imidazole rings is 1. The number of nitrogens with zero attached hydrogens (tertiary/aromatic N) is 4. The molecule has 2 heterocycles. The Labute approximate surface area is 171 Å². The van der Waals surface area contributed by atoms with E-state index in [-0.39, 0.29) is 29.8 Å². The van der Waals surface area contributed by atoms with Crippen LogP contribution in [0.5, 0.6) is 0 Å². The van der Waals surface area contributed by atoms with E-state index in [9.17, 15) is 4.39 Å². The number of benzene rings is 1. The van der Waals surface area contributed by atoms with E-state index in [0.717, 1.165) is 36.9 Å². The number of aliphatic imine (C=N–C) groups is 1. The van der Waals surface area contributed by atoms with Crippen molar-refractivity contribution in [2.75, 3.05) is 20.1 Å². The topological polar surface area (TPSA) is 45.5 Å². The van der Waals surface area contributed by atoms with E-state index in [1.807, 2.05) is 13.0 Å². The number of rotatable bonds is 3. The monoisotopic (exact) mass is 471 g/mol. The van der Waals surface area contributed by atoms with Crippen LogP contribution in [-0.2, 0) is 6.54 Å². The second-order valence-corrected chi connectivity index (χ2v) is 7.37. The zero-order valence-electron chi connectivity index (χ0n) is 15.8. The number of hydrogen-bond donors (Lipinski definition) is 1. The molecule has 0 bridgehead atoms. The molecule has 0 unspecified atom stereocenters. The number of likely N-dealkylation sites (tertiary alicyclic amines) is 1. The third kappa shape index (κ3) is 4.55. The molecule has 0 radical (unpaired) electrons. The summed E-state index contributed by atoms with van der Waals surface area (Å²) in [6.07, 6.45) is 4.59. The minimum Gasteiger partial charge on any atom is -0.352 e. The molecule has 142 valence electrons. The van der Waals surface area contributed by atoms with Gasteiger partial charge >= 0.3 is 0 Å². The molecule has 0 aliphatic carbocycles. The average molecular weight is 471 g/mol. The van der Waals surface area contributed by atoms with Gasteiger partial charge in [0.25, 0.3) is 0 Å². The molecule has 3 rings (SSSR count). The van der Waals surface area contributed by atoms with Crippen LogP contribution < -0.4 is 5.32 Å². The predicted octanol–water partition coefficient (Wildman–Crippen LogP) is 3.75. The molecule has 1 saturated heterocycles. The van der Waals surface area contributed by atoms with Crippen LogP contribution in [0.3, 0.4) is 0 Å². The van der Waals surface area contributed by atoms with Crippen LogP contribution in [0.1, 0.15) is 31.7 Å². The molecule has 2 aromatic rings. The first kappa shape index (κ1) is 20.7. The lowest BCUT2D eigenvalue weighted by molar-refractivity contribution is 0.370. The number of halogens is 2. The molecule has 5 nitrogen and oxygen atoms in total. The Bertz CT molecular complexity index is 784. The predicted molar refractivity (Wildman–Crippen MR) is 114 cm³/mol. The fourth-order valence-electron chi connectivity index (χ4n) is 3.29. The smallest absolute Gasteiger partial charge is 0.193 e. The first-order valence-corrected chi connectivity index (χ1v) is 8.64. The second-order valence-electron chi connectivity index (χ2n) is 7.37. The molecule has 1 aliphatic heterocycles. The largest absolute Gasteiger partial charge is 0.352 e. The number of hydrogen-bond acceptors (Lipinski definition) is 2. The molecule has 0 spiro atoms. The number of aryl methyl sites for hydroxylation is 1. The molecule has 1 aliphatic rings. The molecular formula is C19H27FIN5. The highest BCUT2D eigenvalue weighted by molar-refractivity contribution is 14.0. The summed E-state index contributed by atoms with van der Waals surface area (Å²) < 4.78 is 16.2. The Morgan fingerprint density at radius 2 is 2.15 bits per heavy atom. The number of nitrogens with one attached hydrogen (secondary N) is 1. The standard InChI is InChI=1S/C19H26FN5.HI/c1-14-22-8-10-25(14)17-6-5-15(11-16(17)20)12-23-18(21-4)24-9-7-19(2,3)13-24;/h5-6,8,10-11H,7,9,12-13H2,1-4H3,(H,21,23);1H. The van der Waals surface area contributed by atoms with Gasteiger partial charge in [-0.15, -0.1) is 24.0 Å². The Balaban J connectivity index is 0.00000243. The summed E-state index contributed by atoms with van der Waals surface area (Å²) in [5, 5.41) is 3.35. The van der Waals surface area contributed by atoms with Gasteiger partial charge in [-0.25, -0.2) is 9.37 Å². The van der Waals surface area contributed by atoms with Crippen molar-refractivity contribution in [1.82, 2.24) is 19.8 Å². The van der Waals surface area contributed by atoms with Gasteiger partial charge in [0.2, 0.25) is 0 Å². The van der Waals surface area contributed by atoms with Gasteiger partial charge in [-0.2, -0.15) is 0 Å². The van der Waals surface area contributed by atoms with Gasteiger partial charge in [-0.3, -0.25) is 4.99 Å². The average Bonchev–Trinajstić information content (AvgIpc) is 3.14. The highest BCUT2D eigenvalue weighted by Gasteiger charge is 2.30. The van der Waals surface area contributed by atoms with E-state index in [1.54, 1.807) is 36.1 Å². The van der Waals surface area contributed by atoms with Crippen LogP contribution in [0, 0.1) is 18.2 Å². The molecule has 1 aromatic heterocycles. The third-order valence-corrected chi connectivity index (χ3v) is 4.74. The number of guanidine groups is 1. The van der Waals surface area contributed by atoms with E-state index in [2.05, 4.69) is 34.0 Å². The van der Waals surface area contributed by atoms with Gasteiger partial charge in [-0.1, -0.05) is 19.9 Å². The van der Waals surface area contributed by atoms with Gasteiger partial charge in [-0.05, 0) is 36.5 Å². The Kier molecular flexibility index (Phi) is 6.65. The lowest BCUT2D eigenvalue weighted by Crippen LogP contribution is -2.40. The SMILES string of the molecule is CN=C(NCc1ccc(-n2ccnc2C)c(F)c1)N1CCC(C)(C)C1.I. The summed E-state index contributed by atoms with van der Waals surface area (Å²) in [6.45, 7) is 8.93. The van der Waals surface area contributed by atoms with Crippen LogP contribution in [0.15, 0.2) is 35.6 Å². The van der Waals surface area contributed by atoms with Gasteiger partial charge < -0.3 is 14.8 Å². The van der Waals surface area contributed by atoms with Gasteiger partial charge in [0.15, 0.2) is 5.96 Å². The van der Waals surface area contributed by atoms with Crippen LogP contribution in [0.2, 0.25) is 0 Å². The van der Waals surface area contributed by atoms with E-state index < -0.39 is 0 Å². The van der Waals surface area contributed by atoms with Crippen LogP contribution >= 0.6 is 24.0 Å². The summed E-state index contributed by atoms with van der Waals surface area (Å²) in [6, 6.07) is 5.30. The third-order valence-electron chi connectivity index (χ3n) is 4.74. The van der Waals surface area contributed by atoms with Crippen LogP contribution in [-0.4, -0.2) is 40.5 Å². The fourth-order valence-corrected chi connectivity index (χ4v) is 3.29. The Morgan fingerprint density at radius 3 is 2.69 bits per heavy atom. The molecule has 26 heavy (non-hydrogen) atoms. The highest BCUT2D eigenvalue weighted by atomic mass is 127. The Hall–Kier alpha value is -1.64. The summed E-state index contributed by atoms with van der Waals surface area (Å²) in [5.41, 5.74) is 1.72. The molecule has 0 atom stereocenters. The van der Waals surface area contributed by atoms with Crippen molar-refractivity contribution in [3.8, 4) is 5.69 Å². The summed E-state index contributed by atoms with van der Waals surface area (Å²) in [7, 11) is 1.79. The lowest BCUT2D eigenvalue weighted by Gasteiger charge is -2.23. The number of aromatic nitrogens is 2. The molecule has 0 amide bonds. The van der Waals surface area contributed by atoms with Gasteiger partial charge in [0.05, 0.1) is 5.69 Å². The molecule has 1 aromatic carbocycles. The minimum atomic E-state index is -0.252. The van der Waals surface area contributed by atoms with Crippen molar-refractivity contribution in [1.29, 1.82) is 0 Å². The molecular weight excluding hydrogens is 444 g/mol. The van der Waals surface area contributed by atoms with E-state index in [0.29, 0.717) is 17.6 Å². The molecule has 1 fully saturated rings. The lowest BCUT2D eigenvalue weighted by atomic mass is 9.93. The van der Waals surface area contributed by atoms with E-state index >= 15 is 0 Å². The van der Waals surface area contributed by atoms with Crippen molar-refractivity contribution in [3.05, 3.63) is 47.8 Å². The zero-order valence-corrected chi connectivity index (χ0v) is 18.1. The second kappa shape index (κ2) is 8.37. The summed E-state index contributed by atoms with van der Waals surface area (Å²) in [4.78, 5) is 10.8. The van der Waals surface area contributed by atoms with Crippen molar-refractivity contribution in [2.24, 2.45) is 10.4 Å². The van der Waals surface area contributed by atoms with E-state index in [4.69, 9.17) is 0 Å². The highest BCUT2D eigenvalue weighted by Crippen LogP contribution is 2.28. The maximum absolute atomic E-state index is 14.5. The van der Waals surface area contributed by atoms with E-state index in [1.165, 1.54) is 0 Å². The van der Waals surface area contributed by atoms with Crippen molar-refractivity contribution < 1.29 is 4.39 Å². The van der Waals surface area contributed by atoms with Crippen molar-refractivity contribution >= 4 is 29.9 Å². The van der Waals surface area contributed by atoms with Gasteiger partial charge in [0, 0.05) is 39.1 Å². The van der Waals surface area contributed by atoms with Gasteiger partial charge in [0.1, 0.15) is 11.6 Å². The quantitative estimate of drug-likeness (QED) is 0.422. The fraction of sp³-hybridized carbons (Fsp3) is 0.474. The molecule has 0 saturated carbocycles. The van der Waals surface area contributed by atoms with Crippen LogP contribution in [0.4, 0.5) is 4.39 Å². The maximum atomic E-state index is 14.5. The summed E-state index contributed by atoms with van der Waals surface area (Å²) in [5.74, 6) is 1.39. The molecule has 1 N–H and O–H groups in total. The maximum Gasteiger partial charge on any atom is 0.193 e. The minimum absolute atomic E-state index is 0. The van der Waals surface area contributed by atoms with Crippen molar-refractivity contribution in [3.63, 3.8) is 0 Å². The first-order chi connectivity index (χ1) is 11.9. The summed E-state index contributed by atoms with van der Waals surface area (Å²) >= 11 is 0. The van der Waals surface area contributed by atoms with Crippen LogP contribution in [0.25, 0.3) is 5.69 Å². The molecule has 7 heteroatoms. The zero-order chi connectivity index (χ0) is 18.0. The van der Waals surface area contributed by atoms with Crippen molar-refractivity contribution in [2.45, 2.75) is 33.7 Å². The first-order valence-electron chi connectivity index (χ1n) is 8.64. The normalized spacial score (nSPS) is 16.5. The Morgan fingerprint density at radius 1 is 1.38 bits per heavy atom.